The molecule has 152 valence electrons. The van der Waals surface area contributed by atoms with Crippen molar-refractivity contribution in [2.75, 3.05) is 7.11 Å². The first-order chi connectivity index (χ1) is 14.6. The van der Waals surface area contributed by atoms with E-state index in [2.05, 4.69) is 15.4 Å². The lowest BCUT2D eigenvalue weighted by atomic mass is 10.1. The number of hydrogen-bond donors (Lipinski definition) is 1. The van der Waals surface area contributed by atoms with Crippen molar-refractivity contribution in [1.82, 2.24) is 24.6 Å². The van der Waals surface area contributed by atoms with Crippen LogP contribution in [-0.4, -0.2) is 32.3 Å². The smallest absolute Gasteiger partial charge is 0.255 e. The third-order valence-electron chi connectivity index (χ3n) is 4.79. The molecule has 1 atom stereocenters. The van der Waals surface area contributed by atoms with Crippen molar-refractivity contribution in [3.8, 4) is 11.4 Å². The van der Waals surface area contributed by atoms with Gasteiger partial charge in [-0.25, -0.2) is 9.67 Å². The van der Waals surface area contributed by atoms with Crippen LogP contribution in [0.1, 0.15) is 27.8 Å². The highest BCUT2D eigenvalue weighted by atomic mass is 35.5. The maximum absolute atomic E-state index is 13.0. The predicted molar refractivity (Wildman–Crippen MR) is 114 cm³/mol. The normalized spacial score (nSPS) is 11.8. The van der Waals surface area contributed by atoms with E-state index in [1.54, 1.807) is 30.3 Å². The van der Waals surface area contributed by atoms with Crippen molar-refractivity contribution in [2.24, 2.45) is 7.05 Å². The molecule has 4 aromatic rings. The molecule has 1 N–H and O–H groups in total. The number of imidazole rings is 1. The van der Waals surface area contributed by atoms with Crippen LogP contribution in [0.3, 0.4) is 0 Å². The number of hydrogen-bond acceptors (Lipinski definition) is 4. The molecule has 8 heteroatoms. The van der Waals surface area contributed by atoms with Crippen LogP contribution in [0.2, 0.25) is 5.02 Å². The molecule has 2 aromatic heterocycles. The van der Waals surface area contributed by atoms with E-state index < -0.39 is 6.04 Å². The van der Waals surface area contributed by atoms with Crippen molar-refractivity contribution in [3.63, 3.8) is 0 Å². The molecule has 0 radical (unpaired) electrons. The number of aromatic nitrogens is 4. The van der Waals surface area contributed by atoms with Gasteiger partial charge in [-0.15, -0.1) is 0 Å². The molecule has 0 fully saturated rings. The number of ether oxygens (including phenoxy) is 1. The SMILES string of the molecule is COc1ccc(C(NC(=O)c2cnn(-c3ccccc3Cl)c2)c2nccn2C)cc1. The lowest BCUT2D eigenvalue weighted by Gasteiger charge is -2.19. The molecule has 2 aromatic carbocycles. The van der Waals surface area contributed by atoms with Gasteiger partial charge in [0.15, 0.2) is 0 Å². The van der Waals surface area contributed by atoms with Gasteiger partial charge in [0, 0.05) is 25.6 Å². The fraction of sp³-hybridized carbons (Fsp3) is 0.136. The second-order valence-electron chi connectivity index (χ2n) is 6.70. The summed E-state index contributed by atoms with van der Waals surface area (Å²) in [5, 5.41) is 7.90. The highest BCUT2D eigenvalue weighted by Crippen LogP contribution is 2.24. The molecule has 1 amide bonds. The number of benzene rings is 2. The second-order valence-corrected chi connectivity index (χ2v) is 7.11. The molecule has 0 aliphatic carbocycles. The van der Waals surface area contributed by atoms with E-state index in [9.17, 15) is 4.79 Å². The number of rotatable bonds is 6. The molecular formula is C22H20ClN5O2. The van der Waals surface area contributed by atoms with Crippen LogP contribution in [0.25, 0.3) is 5.69 Å². The Morgan fingerprint density at radius 3 is 2.60 bits per heavy atom. The number of aryl methyl sites for hydroxylation is 1. The quantitative estimate of drug-likeness (QED) is 0.514. The number of carbonyl (C=O) groups is 1. The van der Waals surface area contributed by atoms with Crippen LogP contribution in [0, 0.1) is 0 Å². The van der Waals surface area contributed by atoms with Crippen LogP contribution in [-0.2, 0) is 7.05 Å². The fourth-order valence-corrected chi connectivity index (χ4v) is 3.39. The van der Waals surface area contributed by atoms with Crippen LogP contribution in [0.5, 0.6) is 5.75 Å². The first kappa shape index (κ1) is 19.7. The maximum atomic E-state index is 13.0. The summed E-state index contributed by atoms with van der Waals surface area (Å²) in [5.74, 6) is 1.19. The number of para-hydroxylation sites is 1. The van der Waals surface area contributed by atoms with Gasteiger partial charge in [-0.05, 0) is 29.8 Å². The number of carbonyl (C=O) groups excluding carboxylic acids is 1. The fourth-order valence-electron chi connectivity index (χ4n) is 3.17. The molecule has 1 unspecified atom stereocenters. The zero-order valence-corrected chi connectivity index (χ0v) is 17.2. The number of nitrogens with one attached hydrogen (secondary N) is 1. The Hall–Kier alpha value is -3.58. The van der Waals surface area contributed by atoms with Crippen LogP contribution in [0.15, 0.2) is 73.3 Å². The molecule has 0 spiro atoms. The molecule has 4 rings (SSSR count). The average molecular weight is 422 g/mol. The molecule has 0 aliphatic heterocycles. The predicted octanol–water partition coefficient (Wildman–Crippen LogP) is 3.79. The molecule has 0 bridgehead atoms. The molecule has 0 saturated carbocycles. The van der Waals surface area contributed by atoms with Gasteiger partial charge in [0.25, 0.3) is 5.91 Å². The van der Waals surface area contributed by atoms with Crippen LogP contribution >= 0.6 is 11.6 Å². The van der Waals surface area contributed by atoms with E-state index in [-0.39, 0.29) is 5.91 Å². The minimum atomic E-state index is -0.438. The summed E-state index contributed by atoms with van der Waals surface area (Å²) in [6.45, 7) is 0. The summed E-state index contributed by atoms with van der Waals surface area (Å²) in [6, 6.07) is 14.4. The minimum absolute atomic E-state index is 0.267. The Kier molecular flexibility index (Phi) is 5.54. The molecule has 2 heterocycles. The summed E-state index contributed by atoms with van der Waals surface area (Å²) in [6.07, 6.45) is 6.71. The second kappa shape index (κ2) is 8.42. The summed E-state index contributed by atoms with van der Waals surface area (Å²) in [4.78, 5) is 17.5. The largest absolute Gasteiger partial charge is 0.497 e. The van der Waals surface area contributed by atoms with E-state index in [4.69, 9.17) is 16.3 Å². The van der Waals surface area contributed by atoms with Gasteiger partial charge in [-0.1, -0.05) is 35.9 Å². The van der Waals surface area contributed by atoms with Crippen molar-refractivity contribution < 1.29 is 9.53 Å². The van der Waals surface area contributed by atoms with E-state index in [1.807, 2.05) is 60.3 Å². The molecular weight excluding hydrogens is 402 g/mol. The molecule has 7 nitrogen and oxygen atoms in total. The number of nitrogens with zero attached hydrogens (tertiary/aromatic N) is 4. The van der Waals surface area contributed by atoms with Gasteiger partial charge in [-0.2, -0.15) is 5.10 Å². The van der Waals surface area contributed by atoms with Gasteiger partial charge >= 0.3 is 0 Å². The number of halogens is 1. The Labute approximate surface area is 178 Å². The summed E-state index contributed by atoms with van der Waals surface area (Å²) < 4.78 is 8.70. The first-order valence-electron chi connectivity index (χ1n) is 9.28. The molecule has 0 aliphatic rings. The molecule has 0 saturated heterocycles. The third kappa shape index (κ3) is 3.92. The Bertz CT molecular complexity index is 1170. The van der Waals surface area contributed by atoms with Gasteiger partial charge in [0.1, 0.15) is 17.6 Å². The van der Waals surface area contributed by atoms with Crippen molar-refractivity contribution in [3.05, 3.63) is 95.3 Å². The Morgan fingerprint density at radius 1 is 1.17 bits per heavy atom. The zero-order chi connectivity index (χ0) is 21.1. The average Bonchev–Trinajstić information content (AvgIpc) is 3.42. The van der Waals surface area contributed by atoms with Crippen LogP contribution < -0.4 is 10.1 Å². The monoisotopic (exact) mass is 421 g/mol. The summed E-state index contributed by atoms with van der Waals surface area (Å²) >= 11 is 6.24. The first-order valence-corrected chi connectivity index (χ1v) is 9.66. The number of amides is 1. The van der Waals surface area contributed by atoms with Crippen molar-refractivity contribution in [2.45, 2.75) is 6.04 Å². The maximum Gasteiger partial charge on any atom is 0.255 e. The lowest BCUT2D eigenvalue weighted by Crippen LogP contribution is -2.30. The highest BCUT2D eigenvalue weighted by Gasteiger charge is 2.22. The van der Waals surface area contributed by atoms with Crippen LogP contribution in [0.4, 0.5) is 0 Å². The number of methoxy groups -OCH3 is 1. The Morgan fingerprint density at radius 2 is 1.93 bits per heavy atom. The van der Waals surface area contributed by atoms with E-state index in [0.29, 0.717) is 22.1 Å². The molecule has 30 heavy (non-hydrogen) atoms. The Balaban J connectivity index is 1.62. The van der Waals surface area contributed by atoms with Crippen molar-refractivity contribution in [1.29, 1.82) is 0 Å². The summed E-state index contributed by atoms with van der Waals surface area (Å²) in [5.41, 5.74) is 2.01. The summed E-state index contributed by atoms with van der Waals surface area (Å²) in [7, 11) is 3.50. The van der Waals surface area contributed by atoms with Gasteiger partial charge in [-0.3, -0.25) is 4.79 Å². The van der Waals surface area contributed by atoms with E-state index in [1.165, 1.54) is 6.20 Å². The van der Waals surface area contributed by atoms with Gasteiger partial charge in [0.05, 0.1) is 29.6 Å². The topological polar surface area (TPSA) is 74.0 Å². The van der Waals surface area contributed by atoms with Gasteiger partial charge in [0.2, 0.25) is 0 Å². The zero-order valence-electron chi connectivity index (χ0n) is 16.5. The van der Waals surface area contributed by atoms with Crippen molar-refractivity contribution >= 4 is 17.5 Å². The third-order valence-corrected chi connectivity index (χ3v) is 5.10. The van der Waals surface area contributed by atoms with E-state index >= 15 is 0 Å². The standard InChI is InChI=1S/C22H20ClN5O2/c1-27-12-11-24-21(27)20(15-7-9-17(30-2)10-8-15)26-22(29)16-13-25-28(14-16)19-6-4-3-5-18(19)23/h3-14,20H,1-2H3,(H,26,29). The lowest BCUT2D eigenvalue weighted by molar-refractivity contribution is 0.0941. The van der Waals surface area contributed by atoms with Gasteiger partial charge < -0.3 is 14.6 Å². The minimum Gasteiger partial charge on any atom is -0.497 e. The highest BCUT2D eigenvalue weighted by molar-refractivity contribution is 6.32. The van der Waals surface area contributed by atoms with E-state index in [0.717, 1.165) is 11.3 Å².